The molecule has 3 aromatic rings. The van der Waals surface area contributed by atoms with Crippen molar-refractivity contribution in [3.8, 4) is 17.2 Å². The number of nitrogens with zero attached hydrogens (tertiary/aromatic N) is 2. The number of amides is 1. The zero-order valence-corrected chi connectivity index (χ0v) is 15.1. The lowest BCUT2D eigenvalue weighted by Gasteiger charge is -2.21. The highest BCUT2D eigenvalue weighted by Crippen LogP contribution is 2.32. The van der Waals surface area contributed by atoms with Crippen LogP contribution in [0.3, 0.4) is 0 Å². The maximum Gasteiger partial charge on any atom is 0.326 e. The fourth-order valence-corrected chi connectivity index (χ4v) is 2.55. The van der Waals surface area contributed by atoms with Crippen molar-refractivity contribution >= 4 is 22.6 Å². The Balaban J connectivity index is 1.91. The maximum absolute atomic E-state index is 13.0. The van der Waals surface area contributed by atoms with E-state index in [1.807, 2.05) is 0 Å². The largest absolute Gasteiger partial charge is 0.505 e. The molecule has 1 amide bonds. The molecule has 28 heavy (non-hydrogen) atoms. The van der Waals surface area contributed by atoms with Crippen LogP contribution in [0.5, 0.6) is 17.2 Å². The van der Waals surface area contributed by atoms with E-state index in [1.54, 1.807) is 18.2 Å². The zero-order chi connectivity index (χ0) is 20.4. The lowest BCUT2D eigenvalue weighted by atomic mass is 10.1. The molecule has 1 atom stereocenters. The van der Waals surface area contributed by atoms with Gasteiger partial charge in [-0.15, -0.1) is 0 Å². The lowest BCUT2D eigenvalue weighted by molar-refractivity contribution is -0.141. The minimum atomic E-state index is -1.17. The summed E-state index contributed by atoms with van der Waals surface area (Å²) in [5.74, 6) is -1.72. The van der Waals surface area contributed by atoms with Crippen LogP contribution in [0.15, 0.2) is 48.7 Å². The molecular formula is C20H17FN2O5. The Labute approximate surface area is 159 Å². The quantitative estimate of drug-likeness (QED) is 0.699. The molecule has 1 unspecified atom stereocenters. The number of pyridine rings is 1. The molecule has 3 rings (SSSR count). The third kappa shape index (κ3) is 3.71. The number of aliphatic carboxylic acids is 1. The Bertz CT molecular complexity index is 1050. The molecule has 2 aromatic carbocycles. The van der Waals surface area contributed by atoms with E-state index < -0.39 is 17.9 Å². The topological polar surface area (TPSA) is 100.0 Å². The first-order chi connectivity index (χ1) is 13.3. The van der Waals surface area contributed by atoms with Crippen LogP contribution in [0, 0.1) is 5.82 Å². The van der Waals surface area contributed by atoms with Crippen molar-refractivity contribution in [2.24, 2.45) is 0 Å². The van der Waals surface area contributed by atoms with Crippen molar-refractivity contribution in [2.75, 3.05) is 7.05 Å². The molecule has 0 bridgehead atoms. The van der Waals surface area contributed by atoms with Crippen LogP contribution in [-0.2, 0) is 4.79 Å². The Morgan fingerprint density at radius 2 is 1.79 bits per heavy atom. The number of fused-ring (bicyclic) bond motifs is 1. The smallest absolute Gasteiger partial charge is 0.326 e. The number of benzene rings is 2. The summed E-state index contributed by atoms with van der Waals surface area (Å²) in [4.78, 5) is 28.5. The van der Waals surface area contributed by atoms with Crippen LogP contribution in [0.25, 0.3) is 10.8 Å². The summed E-state index contributed by atoms with van der Waals surface area (Å²) in [6.07, 6.45) is 1.39. The highest BCUT2D eigenvalue weighted by Gasteiger charge is 2.26. The van der Waals surface area contributed by atoms with Gasteiger partial charge in [0.25, 0.3) is 5.91 Å². The molecule has 7 nitrogen and oxygen atoms in total. The predicted octanol–water partition coefficient (Wildman–Crippen LogP) is 3.42. The fraction of sp³-hybridized carbons (Fsp3) is 0.150. The number of hydrogen-bond donors (Lipinski definition) is 2. The average Bonchev–Trinajstić information content (AvgIpc) is 2.68. The molecule has 144 valence electrons. The molecular weight excluding hydrogens is 367 g/mol. The van der Waals surface area contributed by atoms with Gasteiger partial charge >= 0.3 is 5.97 Å². The molecule has 8 heteroatoms. The van der Waals surface area contributed by atoms with E-state index >= 15 is 0 Å². The Morgan fingerprint density at radius 3 is 2.43 bits per heavy atom. The summed E-state index contributed by atoms with van der Waals surface area (Å²) >= 11 is 0. The number of halogens is 1. The van der Waals surface area contributed by atoms with Gasteiger partial charge < -0.3 is 19.8 Å². The molecule has 1 heterocycles. The first-order valence-corrected chi connectivity index (χ1v) is 8.33. The summed E-state index contributed by atoms with van der Waals surface area (Å²) in [5, 5.41) is 20.4. The number of carboxylic acids is 1. The molecule has 2 N–H and O–H groups in total. The number of carboxylic acid groups (broad SMARTS) is 1. The highest BCUT2D eigenvalue weighted by molar-refractivity contribution is 6.02. The van der Waals surface area contributed by atoms with Crippen LogP contribution in [0.4, 0.5) is 4.39 Å². The number of carbonyl (C=O) groups excluding carboxylic acids is 1. The first-order valence-electron chi connectivity index (χ1n) is 8.33. The van der Waals surface area contributed by atoms with Gasteiger partial charge in [-0.1, -0.05) is 0 Å². The van der Waals surface area contributed by atoms with Gasteiger partial charge in [-0.3, -0.25) is 4.79 Å². The van der Waals surface area contributed by atoms with E-state index in [-0.39, 0.29) is 17.3 Å². The molecule has 0 aliphatic carbocycles. The van der Waals surface area contributed by atoms with Gasteiger partial charge in [-0.2, -0.15) is 0 Å². The Hall–Kier alpha value is -3.68. The summed E-state index contributed by atoms with van der Waals surface area (Å²) in [6.45, 7) is 1.36. The van der Waals surface area contributed by atoms with Crippen molar-refractivity contribution in [3.05, 3.63) is 60.2 Å². The van der Waals surface area contributed by atoms with Gasteiger partial charge in [-0.25, -0.2) is 14.2 Å². The van der Waals surface area contributed by atoms with Crippen LogP contribution < -0.4 is 4.74 Å². The third-order valence-electron chi connectivity index (χ3n) is 4.35. The summed E-state index contributed by atoms with van der Waals surface area (Å²) in [7, 11) is 1.33. The Morgan fingerprint density at radius 1 is 1.14 bits per heavy atom. The van der Waals surface area contributed by atoms with Crippen LogP contribution >= 0.6 is 0 Å². The van der Waals surface area contributed by atoms with Crippen LogP contribution in [0.2, 0.25) is 0 Å². The normalized spacial score (nSPS) is 11.8. The highest BCUT2D eigenvalue weighted by atomic mass is 19.1. The van der Waals surface area contributed by atoms with Crippen molar-refractivity contribution in [3.63, 3.8) is 0 Å². The number of likely N-dealkylation sites (N-methyl/N-ethyl adjacent to an activating group) is 1. The number of hydrogen-bond acceptors (Lipinski definition) is 5. The van der Waals surface area contributed by atoms with E-state index in [0.29, 0.717) is 22.3 Å². The molecule has 0 saturated heterocycles. The standard InChI is InChI=1S/C20H17FN2O5/c1-11(20(26)27)23(2)19(25)17-18(24)16-8-7-15(9-12(16)10-22-17)28-14-5-3-13(21)4-6-14/h3-11,24H,1-2H3,(H,26,27). The number of rotatable bonds is 5. The maximum atomic E-state index is 13.0. The van der Waals surface area contributed by atoms with Crippen molar-refractivity contribution in [2.45, 2.75) is 13.0 Å². The molecule has 1 aromatic heterocycles. The van der Waals surface area contributed by atoms with Crippen LogP contribution in [-0.4, -0.2) is 45.1 Å². The molecule has 0 fully saturated rings. The predicted molar refractivity (Wildman–Crippen MR) is 99.1 cm³/mol. The first kappa shape index (κ1) is 19.1. The van der Waals surface area contributed by atoms with Gasteiger partial charge in [0.15, 0.2) is 11.4 Å². The van der Waals surface area contributed by atoms with Gasteiger partial charge in [0, 0.05) is 24.0 Å². The minimum Gasteiger partial charge on any atom is -0.505 e. The van der Waals surface area contributed by atoms with Crippen molar-refractivity contribution in [1.82, 2.24) is 9.88 Å². The number of ether oxygens (including phenoxy) is 1. The molecule has 0 saturated carbocycles. The number of aromatic hydroxyl groups is 1. The Kier molecular flexibility index (Phi) is 5.12. The van der Waals surface area contributed by atoms with E-state index in [9.17, 15) is 19.1 Å². The van der Waals surface area contributed by atoms with E-state index in [0.717, 1.165) is 4.90 Å². The molecule has 0 aliphatic rings. The van der Waals surface area contributed by atoms with E-state index in [2.05, 4.69) is 4.98 Å². The fourth-order valence-electron chi connectivity index (χ4n) is 2.55. The molecule has 0 aliphatic heterocycles. The van der Waals surface area contributed by atoms with Crippen molar-refractivity contribution in [1.29, 1.82) is 0 Å². The summed E-state index contributed by atoms with van der Waals surface area (Å²) < 4.78 is 18.6. The third-order valence-corrected chi connectivity index (χ3v) is 4.35. The molecule has 0 radical (unpaired) electrons. The second-order valence-corrected chi connectivity index (χ2v) is 6.19. The monoisotopic (exact) mass is 384 g/mol. The molecule has 0 spiro atoms. The van der Waals surface area contributed by atoms with E-state index in [4.69, 9.17) is 9.84 Å². The van der Waals surface area contributed by atoms with Gasteiger partial charge in [0.05, 0.1) is 0 Å². The van der Waals surface area contributed by atoms with Gasteiger partial charge in [0.2, 0.25) is 0 Å². The average molecular weight is 384 g/mol. The second kappa shape index (κ2) is 7.51. The SMILES string of the molecule is CC(C(=O)O)N(C)C(=O)c1ncc2cc(Oc3ccc(F)cc3)ccc2c1O. The van der Waals surface area contributed by atoms with Gasteiger partial charge in [0.1, 0.15) is 23.4 Å². The van der Waals surface area contributed by atoms with E-state index in [1.165, 1.54) is 44.4 Å². The number of carbonyl (C=O) groups is 2. The minimum absolute atomic E-state index is 0.240. The number of aromatic nitrogens is 1. The summed E-state index contributed by atoms with van der Waals surface area (Å²) in [5.41, 5.74) is -0.240. The van der Waals surface area contributed by atoms with Crippen LogP contribution in [0.1, 0.15) is 17.4 Å². The summed E-state index contributed by atoms with van der Waals surface area (Å²) in [6, 6.07) is 9.20. The zero-order valence-electron chi connectivity index (χ0n) is 15.1. The lowest BCUT2D eigenvalue weighted by Crippen LogP contribution is -2.40. The van der Waals surface area contributed by atoms with Crippen molar-refractivity contribution < 1.29 is 28.9 Å². The van der Waals surface area contributed by atoms with Gasteiger partial charge in [-0.05, 0) is 49.4 Å². The second-order valence-electron chi connectivity index (χ2n) is 6.19.